The smallest absolute Gasteiger partial charge is 0.0446 e. The van der Waals surface area contributed by atoms with Gasteiger partial charge in [-0.25, -0.2) is 0 Å². The van der Waals surface area contributed by atoms with Crippen molar-refractivity contribution in [3.63, 3.8) is 0 Å². The first kappa shape index (κ1) is 36.2. The van der Waals surface area contributed by atoms with Crippen molar-refractivity contribution in [3.05, 3.63) is 60.2 Å². The first-order chi connectivity index (χ1) is 21.3. The largest absolute Gasteiger partial charge is 0.261 e. The van der Waals surface area contributed by atoms with Crippen molar-refractivity contribution in [1.29, 1.82) is 0 Å². The topological polar surface area (TPSA) is 25.8 Å². The summed E-state index contributed by atoms with van der Waals surface area (Å²) in [6.45, 7) is 0. The molecule has 4 fully saturated rings. The van der Waals surface area contributed by atoms with E-state index < -0.39 is 0 Å². The van der Waals surface area contributed by atoms with Crippen molar-refractivity contribution >= 4 is 35.2 Å². The van der Waals surface area contributed by atoms with Crippen molar-refractivity contribution in [3.8, 4) is 0 Å². The van der Waals surface area contributed by atoms with Gasteiger partial charge in [-0.3, -0.25) is 9.97 Å². The summed E-state index contributed by atoms with van der Waals surface area (Å²) < 4.78 is 0. The van der Waals surface area contributed by atoms with E-state index >= 15 is 0 Å². The van der Waals surface area contributed by atoms with Gasteiger partial charge in [0.15, 0.2) is 0 Å². The second-order valence-electron chi connectivity index (χ2n) is 13.2. The maximum Gasteiger partial charge on any atom is 0.0446 e. The maximum absolute atomic E-state index is 4.85. The zero-order valence-electron chi connectivity index (χ0n) is 26.4. The van der Waals surface area contributed by atoms with Crippen LogP contribution in [0.5, 0.6) is 0 Å². The molecule has 242 valence electrons. The molecule has 0 bridgehead atoms. The molecule has 0 radical (unpaired) electrons. The molecule has 0 unspecified atom stereocenters. The first-order valence-corrected chi connectivity index (χ1v) is 25.3. The summed E-state index contributed by atoms with van der Waals surface area (Å²) in [5.41, 5.74) is 6.89. The van der Waals surface area contributed by atoms with E-state index in [-0.39, 0.29) is 31.0 Å². The Bertz CT molecular complexity index is 835. The van der Waals surface area contributed by atoms with Crippen LogP contribution in [-0.2, 0) is 27.5 Å². The van der Waals surface area contributed by atoms with Gasteiger partial charge in [-0.2, -0.15) is 0 Å². The Hall–Kier alpha value is 0.363. The van der Waals surface area contributed by atoms with Crippen LogP contribution >= 0.6 is 35.2 Å². The van der Waals surface area contributed by atoms with Crippen molar-refractivity contribution in [2.45, 2.75) is 163 Å². The zero-order valence-corrected chi connectivity index (χ0v) is 31.4. The van der Waals surface area contributed by atoms with Crippen molar-refractivity contribution < 1.29 is 15.1 Å². The zero-order chi connectivity index (χ0) is 30.0. The Morgan fingerprint density at radius 2 is 0.767 bits per heavy atom. The molecule has 0 atom stereocenters. The van der Waals surface area contributed by atoms with Gasteiger partial charge in [-0.05, 0) is 98.3 Å². The first-order valence-electron chi connectivity index (χ1n) is 17.4. The minimum absolute atomic E-state index is 0.164. The number of hydrogen-bond donors (Lipinski definition) is 0. The number of hydrogen-bond acceptors (Lipinski definition) is 2. The average molecular weight is 751 g/mol. The second kappa shape index (κ2) is 22.0. The van der Waals surface area contributed by atoms with Gasteiger partial charge < -0.3 is 0 Å². The molecule has 2 aromatic heterocycles. The van der Waals surface area contributed by atoms with Gasteiger partial charge in [-0.1, -0.05) is 105 Å². The summed E-state index contributed by atoms with van der Waals surface area (Å²) in [6, 6.07) is 12.9. The molecule has 2 heterocycles. The summed E-state index contributed by atoms with van der Waals surface area (Å²) >= 11 is -0.346. The second-order valence-corrected chi connectivity index (χ2v) is 21.5. The molecule has 6 rings (SSSR count). The molecular formula is C36H56Cl2N2P2Ru. The molecule has 4 aliphatic carbocycles. The fourth-order valence-electron chi connectivity index (χ4n) is 8.12. The summed E-state index contributed by atoms with van der Waals surface area (Å²) in [5, 5.41) is 0. The summed E-state index contributed by atoms with van der Waals surface area (Å²) in [4.78, 5) is 9.25. The van der Waals surface area contributed by atoms with Crippen LogP contribution in [0.2, 0.25) is 0 Å². The molecule has 0 amide bonds. The Labute approximate surface area is 282 Å². The molecule has 0 spiro atoms. The molecule has 4 saturated carbocycles. The number of pyridine rings is 2. The van der Waals surface area contributed by atoms with E-state index in [0.29, 0.717) is 0 Å². The van der Waals surface area contributed by atoms with Crippen LogP contribution in [-0.4, -0.2) is 32.6 Å². The summed E-state index contributed by atoms with van der Waals surface area (Å²) in [5.74, 6) is 0. The predicted octanol–water partition coefficient (Wildman–Crippen LogP) is 12.8. The molecule has 0 saturated heterocycles. The monoisotopic (exact) mass is 750 g/mol. The van der Waals surface area contributed by atoms with E-state index in [4.69, 9.17) is 19.4 Å². The van der Waals surface area contributed by atoms with Gasteiger partial charge in [0.2, 0.25) is 0 Å². The van der Waals surface area contributed by atoms with Crippen LogP contribution in [0.3, 0.4) is 0 Å². The molecule has 0 aromatic carbocycles. The number of nitrogens with zero attached hydrogens (tertiary/aromatic N) is 2. The van der Waals surface area contributed by atoms with Crippen molar-refractivity contribution in [2.24, 2.45) is 0 Å². The molecule has 43 heavy (non-hydrogen) atoms. The van der Waals surface area contributed by atoms with E-state index in [1.807, 2.05) is 24.5 Å². The fourth-order valence-corrected chi connectivity index (χ4v) is 15.6. The van der Waals surface area contributed by atoms with Gasteiger partial charge in [0.25, 0.3) is 0 Å². The van der Waals surface area contributed by atoms with Crippen molar-refractivity contribution in [1.82, 2.24) is 9.97 Å². The molecule has 2 aromatic rings. The van der Waals surface area contributed by atoms with Gasteiger partial charge in [0, 0.05) is 36.1 Å². The van der Waals surface area contributed by atoms with Gasteiger partial charge in [-0.15, -0.1) is 0 Å². The predicted molar refractivity (Wildman–Crippen MR) is 189 cm³/mol. The standard InChI is InChI=1S/2C18H28NP.2ClH.Ru/c2*1-3-10-17(11-4-1)20(18-12-5-2-6-13-18)15-16-9-7-8-14-19-16;;;/h2*7-9,14,17-18H,1-6,10-13,15H2;2*1H;/q;;;;+2/p-2. The van der Waals surface area contributed by atoms with Crippen LogP contribution in [0.25, 0.3) is 0 Å². The van der Waals surface area contributed by atoms with Crippen molar-refractivity contribution in [2.75, 3.05) is 0 Å². The number of aromatic nitrogens is 2. The minimum Gasteiger partial charge on any atom is -0.261 e. The SMILES string of the molecule is [Cl][Ru][Cl].c1ccc(CP(C2CCCCC2)C2CCCCC2)nc1.c1ccc(CP(C2CCCCC2)C2CCCCC2)nc1. The third-order valence-corrected chi connectivity index (χ3v) is 17.5. The Morgan fingerprint density at radius 1 is 0.488 bits per heavy atom. The minimum atomic E-state index is -0.346. The van der Waals surface area contributed by atoms with Crippen LogP contribution in [0.1, 0.15) is 140 Å². The number of halogens is 2. The van der Waals surface area contributed by atoms with Crippen LogP contribution in [0.4, 0.5) is 0 Å². The molecule has 2 nitrogen and oxygen atoms in total. The fraction of sp³-hybridized carbons (Fsp3) is 0.722. The quantitative estimate of drug-likeness (QED) is 0.198. The third kappa shape index (κ3) is 13.2. The van der Waals surface area contributed by atoms with Crippen LogP contribution < -0.4 is 0 Å². The third-order valence-electron chi connectivity index (χ3n) is 10.3. The van der Waals surface area contributed by atoms with E-state index in [1.165, 1.54) is 152 Å². The molecule has 7 heteroatoms. The molecule has 0 N–H and O–H groups in total. The Balaban J connectivity index is 0.000000181. The van der Waals surface area contributed by atoms with Gasteiger partial charge in [0.1, 0.15) is 0 Å². The summed E-state index contributed by atoms with van der Waals surface area (Å²) in [6.07, 6.45) is 36.4. The number of rotatable bonds is 8. The van der Waals surface area contributed by atoms with E-state index in [1.54, 1.807) is 0 Å². The average Bonchev–Trinajstić information content (AvgIpc) is 3.09. The maximum atomic E-state index is 4.85. The molecule has 0 aliphatic heterocycles. The van der Waals surface area contributed by atoms with Gasteiger partial charge >= 0.3 is 34.5 Å². The Kier molecular flexibility index (Phi) is 18.5. The van der Waals surface area contributed by atoms with E-state index in [2.05, 4.69) is 34.2 Å². The Morgan fingerprint density at radius 3 is 1.00 bits per heavy atom. The molecular weight excluding hydrogens is 694 g/mol. The molecule has 4 aliphatic rings. The normalized spacial score (nSPS) is 21.2. The summed E-state index contributed by atoms with van der Waals surface area (Å²) in [7, 11) is 10.0. The van der Waals surface area contributed by atoms with Crippen LogP contribution in [0.15, 0.2) is 48.8 Å². The van der Waals surface area contributed by atoms with E-state index in [0.717, 1.165) is 22.6 Å². The van der Waals surface area contributed by atoms with E-state index in [9.17, 15) is 0 Å². The van der Waals surface area contributed by atoms with Gasteiger partial charge in [0.05, 0.1) is 0 Å². The van der Waals surface area contributed by atoms with Crippen LogP contribution in [0, 0.1) is 0 Å².